The molecule has 3 saturated carbocycles. The summed E-state index contributed by atoms with van der Waals surface area (Å²) in [5.74, 6) is 4.41. The first-order chi connectivity index (χ1) is 4.95. The average molecular weight is 134 g/mol. The quantitative estimate of drug-likeness (QED) is 0.447. The van der Waals surface area contributed by atoms with Crippen LogP contribution >= 0.6 is 0 Å². The average Bonchev–Trinajstić information content (AvgIpc) is 2.36. The molecule has 10 heavy (non-hydrogen) atoms. The monoisotopic (exact) mass is 134 g/mol. The van der Waals surface area contributed by atoms with Gasteiger partial charge in [0.25, 0.3) is 0 Å². The predicted molar refractivity (Wildman–Crippen MR) is 41.6 cm³/mol. The molecule has 0 heteroatoms. The fourth-order valence-corrected chi connectivity index (χ4v) is 3.34. The molecule has 4 rings (SSSR count). The summed E-state index contributed by atoms with van der Waals surface area (Å²) in [4.78, 5) is 0. The van der Waals surface area contributed by atoms with Gasteiger partial charge in [-0.3, -0.25) is 0 Å². The SMILES string of the molecule is C1=CC2C3CC(CC1)C2C3. The highest BCUT2D eigenvalue weighted by Crippen LogP contribution is 2.59. The van der Waals surface area contributed by atoms with Gasteiger partial charge in [0.2, 0.25) is 0 Å². The lowest BCUT2D eigenvalue weighted by molar-refractivity contribution is 0.189. The van der Waals surface area contributed by atoms with Crippen LogP contribution in [0, 0.1) is 23.7 Å². The lowest BCUT2D eigenvalue weighted by Gasteiger charge is -2.33. The largest absolute Gasteiger partial charge is 0.0882 e. The highest BCUT2D eigenvalue weighted by molar-refractivity contribution is 5.11. The molecule has 4 aliphatic rings. The topological polar surface area (TPSA) is 0 Å². The highest BCUT2D eigenvalue weighted by Gasteiger charge is 2.51. The van der Waals surface area contributed by atoms with Gasteiger partial charge in [-0.15, -0.1) is 0 Å². The van der Waals surface area contributed by atoms with Gasteiger partial charge in [0, 0.05) is 0 Å². The van der Waals surface area contributed by atoms with Crippen molar-refractivity contribution >= 4 is 0 Å². The second-order valence-corrected chi connectivity index (χ2v) is 4.24. The molecule has 0 heterocycles. The summed E-state index contributed by atoms with van der Waals surface area (Å²) in [6, 6.07) is 0. The van der Waals surface area contributed by atoms with Crippen molar-refractivity contribution in [1.29, 1.82) is 0 Å². The van der Waals surface area contributed by atoms with Crippen LogP contribution in [-0.4, -0.2) is 0 Å². The Morgan fingerprint density at radius 1 is 1.10 bits per heavy atom. The van der Waals surface area contributed by atoms with Gasteiger partial charge < -0.3 is 0 Å². The minimum atomic E-state index is 1.03. The smallest absolute Gasteiger partial charge is 0.0174 e. The molecule has 0 aliphatic heterocycles. The highest BCUT2D eigenvalue weighted by atomic mass is 14.6. The molecule has 4 aliphatic carbocycles. The van der Waals surface area contributed by atoms with Crippen molar-refractivity contribution in [3.63, 3.8) is 0 Å². The minimum Gasteiger partial charge on any atom is -0.0882 e. The zero-order valence-corrected chi connectivity index (χ0v) is 6.29. The summed E-state index contributed by atoms with van der Waals surface area (Å²) >= 11 is 0. The van der Waals surface area contributed by atoms with Crippen molar-refractivity contribution in [2.75, 3.05) is 0 Å². The maximum absolute atomic E-state index is 2.51. The van der Waals surface area contributed by atoms with Crippen LogP contribution < -0.4 is 0 Å². The normalized spacial score (nSPS) is 56.0. The molecule has 0 aromatic carbocycles. The Labute approximate surface area is 62.3 Å². The van der Waals surface area contributed by atoms with Crippen molar-refractivity contribution in [2.45, 2.75) is 25.7 Å². The van der Waals surface area contributed by atoms with Crippen LogP contribution in [0.2, 0.25) is 0 Å². The molecule has 0 aromatic heterocycles. The fourth-order valence-electron chi connectivity index (χ4n) is 3.34. The van der Waals surface area contributed by atoms with Crippen LogP contribution in [0.5, 0.6) is 0 Å². The van der Waals surface area contributed by atoms with E-state index >= 15 is 0 Å². The Morgan fingerprint density at radius 3 is 3.10 bits per heavy atom. The van der Waals surface area contributed by atoms with Crippen LogP contribution in [-0.2, 0) is 0 Å². The summed E-state index contributed by atoms with van der Waals surface area (Å²) in [6.07, 6.45) is 10.9. The number of hydrogen-bond acceptors (Lipinski definition) is 0. The van der Waals surface area contributed by atoms with Gasteiger partial charge in [-0.1, -0.05) is 12.2 Å². The maximum atomic E-state index is 2.51. The molecule has 0 N–H and O–H groups in total. The molecule has 3 fully saturated rings. The van der Waals surface area contributed by atoms with E-state index in [-0.39, 0.29) is 0 Å². The van der Waals surface area contributed by atoms with E-state index in [4.69, 9.17) is 0 Å². The summed E-state index contributed by atoms with van der Waals surface area (Å²) < 4.78 is 0. The van der Waals surface area contributed by atoms with Crippen LogP contribution in [0.3, 0.4) is 0 Å². The van der Waals surface area contributed by atoms with Crippen molar-refractivity contribution < 1.29 is 0 Å². The summed E-state index contributed by atoms with van der Waals surface area (Å²) in [6.45, 7) is 0. The molecule has 0 radical (unpaired) electrons. The first-order valence-electron chi connectivity index (χ1n) is 4.62. The number of allylic oxidation sites excluding steroid dienone is 2. The third-order valence-corrected chi connectivity index (χ3v) is 3.89. The van der Waals surface area contributed by atoms with Crippen LogP contribution in [0.15, 0.2) is 12.2 Å². The third-order valence-electron chi connectivity index (χ3n) is 3.89. The van der Waals surface area contributed by atoms with Crippen molar-refractivity contribution in [1.82, 2.24) is 0 Å². The van der Waals surface area contributed by atoms with Gasteiger partial charge in [0.05, 0.1) is 0 Å². The molecule has 4 bridgehead atoms. The molecule has 0 spiro atoms. The van der Waals surface area contributed by atoms with Gasteiger partial charge in [-0.05, 0) is 49.4 Å². The van der Waals surface area contributed by atoms with E-state index in [1.807, 2.05) is 0 Å². The van der Waals surface area contributed by atoms with E-state index in [1.54, 1.807) is 12.8 Å². The zero-order valence-electron chi connectivity index (χ0n) is 6.29. The Bertz CT molecular complexity index is 180. The first-order valence-corrected chi connectivity index (χ1v) is 4.62. The molecule has 0 nitrogen and oxygen atoms in total. The number of hydrogen-bond donors (Lipinski definition) is 0. The van der Waals surface area contributed by atoms with E-state index < -0.39 is 0 Å². The second kappa shape index (κ2) is 1.66. The van der Waals surface area contributed by atoms with Gasteiger partial charge in [-0.25, -0.2) is 0 Å². The Morgan fingerprint density at radius 2 is 2.10 bits per heavy atom. The molecule has 0 aromatic rings. The van der Waals surface area contributed by atoms with Crippen LogP contribution in [0.1, 0.15) is 25.7 Å². The third kappa shape index (κ3) is 0.492. The summed E-state index contributed by atoms with van der Waals surface area (Å²) in [7, 11) is 0. The lowest BCUT2D eigenvalue weighted by Crippen LogP contribution is -2.26. The molecule has 0 amide bonds. The first kappa shape index (κ1) is 5.40. The van der Waals surface area contributed by atoms with Crippen LogP contribution in [0.4, 0.5) is 0 Å². The Kier molecular flexibility index (Phi) is 0.898. The molecule has 54 valence electrons. The Hall–Kier alpha value is -0.260. The van der Waals surface area contributed by atoms with Gasteiger partial charge >= 0.3 is 0 Å². The molecule has 4 atom stereocenters. The molecule has 0 saturated heterocycles. The lowest BCUT2D eigenvalue weighted by atomic mass is 9.71. The maximum Gasteiger partial charge on any atom is -0.0174 e. The van der Waals surface area contributed by atoms with Crippen molar-refractivity contribution in [3.8, 4) is 0 Å². The number of rotatable bonds is 0. The minimum absolute atomic E-state index is 1.03. The van der Waals surface area contributed by atoms with Gasteiger partial charge in [-0.2, -0.15) is 0 Å². The van der Waals surface area contributed by atoms with E-state index in [9.17, 15) is 0 Å². The van der Waals surface area contributed by atoms with Crippen molar-refractivity contribution in [3.05, 3.63) is 12.2 Å². The molecular weight excluding hydrogens is 120 g/mol. The Balaban J connectivity index is 1.96. The van der Waals surface area contributed by atoms with E-state index in [0.29, 0.717) is 0 Å². The van der Waals surface area contributed by atoms with Crippen LogP contribution in [0.25, 0.3) is 0 Å². The standard InChI is InChI=1S/C10H14/c1-2-4-9-8-5-7(3-1)10(9)6-8/h2,4,7-10H,1,3,5-6H2. The summed E-state index contributed by atoms with van der Waals surface area (Å²) in [5, 5.41) is 0. The van der Waals surface area contributed by atoms with Gasteiger partial charge in [0.1, 0.15) is 0 Å². The van der Waals surface area contributed by atoms with Gasteiger partial charge in [0.15, 0.2) is 0 Å². The zero-order chi connectivity index (χ0) is 6.55. The summed E-state index contributed by atoms with van der Waals surface area (Å²) in [5.41, 5.74) is 0. The van der Waals surface area contributed by atoms with E-state index in [1.165, 1.54) is 12.8 Å². The second-order valence-electron chi connectivity index (χ2n) is 4.24. The molecule has 4 unspecified atom stereocenters. The fraction of sp³-hybridized carbons (Fsp3) is 0.800. The molecular formula is C10H14. The van der Waals surface area contributed by atoms with Crippen molar-refractivity contribution in [2.24, 2.45) is 23.7 Å². The predicted octanol–water partition coefficient (Wildman–Crippen LogP) is 2.61. The van der Waals surface area contributed by atoms with E-state index in [2.05, 4.69) is 12.2 Å². The van der Waals surface area contributed by atoms with E-state index in [0.717, 1.165) is 23.7 Å².